The molecule has 2 rings (SSSR count). The van der Waals surface area contributed by atoms with Crippen LogP contribution >= 0.6 is 0 Å². The van der Waals surface area contributed by atoms with Crippen LogP contribution in [0, 0.1) is 0 Å². The summed E-state index contributed by atoms with van der Waals surface area (Å²) in [5.74, 6) is -0.824. The highest BCUT2D eigenvalue weighted by Crippen LogP contribution is 2.28. The Balaban J connectivity index is 2.10. The number of carboxylic acid groups (broad SMARTS) is 1. The highest BCUT2D eigenvalue weighted by atomic mass is 16.5. The van der Waals surface area contributed by atoms with Gasteiger partial charge in [-0.3, -0.25) is 24.1 Å². The van der Waals surface area contributed by atoms with Gasteiger partial charge in [-0.2, -0.15) is 0 Å². The van der Waals surface area contributed by atoms with Crippen LogP contribution in [0.2, 0.25) is 0 Å². The van der Waals surface area contributed by atoms with Gasteiger partial charge in [0.1, 0.15) is 6.04 Å². The van der Waals surface area contributed by atoms with Crippen molar-refractivity contribution in [3.05, 3.63) is 23.8 Å². The Morgan fingerprint density at radius 3 is 2.56 bits per heavy atom. The number of ether oxygens (including phenoxy) is 2. The molecule has 1 aliphatic heterocycles. The number of carbonyl (C=O) groups excluding carboxylic acids is 3. The fraction of sp³-hybridized carbons (Fsp3) is 0.600. The Bertz CT molecular complexity index is 908. The van der Waals surface area contributed by atoms with Crippen molar-refractivity contribution in [1.29, 1.82) is 0 Å². The van der Waals surface area contributed by atoms with Crippen LogP contribution in [-0.4, -0.2) is 98.1 Å². The van der Waals surface area contributed by atoms with Crippen molar-refractivity contribution in [1.82, 2.24) is 20.4 Å². The van der Waals surface area contributed by atoms with E-state index in [-0.39, 0.29) is 31.4 Å². The summed E-state index contributed by atoms with van der Waals surface area (Å²) in [6.45, 7) is 3.31. The van der Waals surface area contributed by atoms with Gasteiger partial charge in [-0.1, -0.05) is 6.07 Å². The second kappa shape index (κ2) is 14.9. The molecule has 1 heterocycles. The number of carbonyl (C=O) groups is 4. The zero-order valence-electron chi connectivity index (χ0n) is 21.4. The van der Waals surface area contributed by atoms with Crippen LogP contribution in [0.4, 0.5) is 0 Å². The predicted molar refractivity (Wildman–Crippen MR) is 133 cm³/mol. The van der Waals surface area contributed by atoms with Gasteiger partial charge >= 0.3 is 5.97 Å². The lowest BCUT2D eigenvalue weighted by Gasteiger charge is -2.24. The summed E-state index contributed by atoms with van der Waals surface area (Å²) >= 11 is 0. The number of hydrogen-bond donors (Lipinski definition) is 3. The number of carboxylic acids is 1. The molecule has 11 nitrogen and oxygen atoms in total. The first kappa shape index (κ1) is 28.9. The number of nitrogens with zero attached hydrogens (tertiary/aromatic N) is 2. The van der Waals surface area contributed by atoms with Gasteiger partial charge in [0.05, 0.1) is 13.7 Å². The number of aliphatic carboxylic acids is 1. The number of hydrogen-bond acceptors (Lipinski definition) is 7. The number of benzene rings is 1. The van der Waals surface area contributed by atoms with E-state index in [2.05, 4.69) is 10.6 Å². The normalized spacial score (nSPS) is 20.2. The summed E-state index contributed by atoms with van der Waals surface area (Å²) in [6, 6.07) is 4.56. The third-order valence-corrected chi connectivity index (χ3v) is 5.90. The molecule has 1 aromatic carbocycles. The Hall–Kier alpha value is -3.34. The van der Waals surface area contributed by atoms with E-state index < -0.39 is 17.9 Å². The molecular weight excluding hydrogens is 468 g/mol. The number of fused-ring (bicyclic) bond motifs is 2. The summed E-state index contributed by atoms with van der Waals surface area (Å²) in [7, 11) is 3.17. The van der Waals surface area contributed by atoms with E-state index in [1.165, 1.54) is 7.11 Å². The molecule has 0 fully saturated rings. The van der Waals surface area contributed by atoms with E-state index in [4.69, 9.17) is 9.47 Å². The number of rotatable bonds is 3. The van der Waals surface area contributed by atoms with Crippen molar-refractivity contribution in [2.24, 2.45) is 0 Å². The molecule has 2 bridgehead atoms. The van der Waals surface area contributed by atoms with Gasteiger partial charge in [0.15, 0.2) is 18.1 Å². The van der Waals surface area contributed by atoms with E-state index >= 15 is 0 Å². The lowest BCUT2D eigenvalue weighted by atomic mass is 10.1. The molecule has 0 radical (unpaired) electrons. The fourth-order valence-electron chi connectivity index (χ4n) is 3.94. The Kier molecular flexibility index (Phi) is 12.0. The fourth-order valence-corrected chi connectivity index (χ4v) is 3.94. The van der Waals surface area contributed by atoms with Crippen molar-refractivity contribution in [3.8, 4) is 11.5 Å². The molecule has 0 aromatic heterocycles. The largest absolute Gasteiger partial charge is 0.493 e. The van der Waals surface area contributed by atoms with Crippen molar-refractivity contribution < 1.29 is 33.8 Å². The lowest BCUT2D eigenvalue weighted by molar-refractivity contribution is -0.138. The standard InChI is InChI=1S/C25H38N4O7/c1-18-25(34)28(2)12-4-5-13-29(16-24(32)33)14-6-11-26-22(30)10-8-19-7-9-20(35-3)21(15-19)36-17-23(31)27-18/h7,9,15,18H,4-6,8,10-14,16-17H2,1-3H3,(H,26,30)(H,27,31)(H,32,33)/t18-/m0/s1. The molecule has 3 amide bonds. The lowest BCUT2D eigenvalue weighted by Crippen LogP contribution is -2.47. The van der Waals surface area contributed by atoms with Gasteiger partial charge in [0.25, 0.3) is 5.91 Å². The highest BCUT2D eigenvalue weighted by Gasteiger charge is 2.20. The maximum absolute atomic E-state index is 12.6. The number of nitrogens with one attached hydrogen (secondary N) is 2. The first-order valence-corrected chi connectivity index (χ1v) is 12.2. The predicted octanol–water partition coefficient (Wildman–Crippen LogP) is 0.656. The third-order valence-electron chi connectivity index (χ3n) is 5.90. The first-order chi connectivity index (χ1) is 17.2. The van der Waals surface area contributed by atoms with E-state index in [1.54, 1.807) is 31.0 Å². The molecule has 0 aliphatic carbocycles. The van der Waals surface area contributed by atoms with Crippen molar-refractivity contribution >= 4 is 23.7 Å². The summed E-state index contributed by atoms with van der Waals surface area (Å²) < 4.78 is 11.0. The minimum absolute atomic E-state index is 0.0757. The summed E-state index contributed by atoms with van der Waals surface area (Å²) in [4.78, 5) is 51.9. The van der Waals surface area contributed by atoms with Gasteiger partial charge in [0, 0.05) is 33.1 Å². The van der Waals surface area contributed by atoms with E-state index in [1.807, 2.05) is 11.0 Å². The third kappa shape index (κ3) is 10.1. The molecule has 200 valence electrons. The number of methoxy groups -OCH3 is 1. The van der Waals surface area contributed by atoms with E-state index in [0.717, 1.165) is 5.56 Å². The van der Waals surface area contributed by atoms with Crippen LogP contribution in [0.3, 0.4) is 0 Å². The van der Waals surface area contributed by atoms with Crippen LogP contribution in [0.15, 0.2) is 18.2 Å². The van der Waals surface area contributed by atoms with Gasteiger partial charge in [-0.25, -0.2) is 0 Å². The van der Waals surface area contributed by atoms with Gasteiger partial charge < -0.3 is 30.1 Å². The Morgan fingerprint density at radius 2 is 1.83 bits per heavy atom. The molecule has 0 saturated heterocycles. The van der Waals surface area contributed by atoms with E-state index in [9.17, 15) is 24.3 Å². The molecule has 1 aromatic rings. The van der Waals surface area contributed by atoms with Crippen LogP contribution in [-0.2, 0) is 25.6 Å². The zero-order chi connectivity index (χ0) is 26.5. The molecule has 1 atom stereocenters. The maximum Gasteiger partial charge on any atom is 0.317 e. The SMILES string of the molecule is COc1ccc2cc1OCC(=O)N[C@@H](C)C(=O)N(C)CCCCN(CC(=O)O)CCCNC(=O)CC2. The minimum atomic E-state index is -0.903. The second-order valence-electron chi connectivity index (χ2n) is 8.90. The summed E-state index contributed by atoms with van der Waals surface area (Å²) in [5, 5.41) is 14.7. The Morgan fingerprint density at radius 1 is 1.11 bits per heavy atom. The van der Waals surface area contributed by atoms with E-state index in [0.29, 0.717) is 63.4 Å². The molecule has 11 heteroatoms. The Labute approximate surface area is 212 Å². The molecule has 36 heavy (non-hydrogen) atoms. The highest BCUT2D eigenvalue weighted by molar-refractivity contribution is 5.87. The van der Waals surface area contributed by atoms with Crippen LogP contribution in [0.5, 0.6) is 11.5 Å². The monoisotopic (exact) mass is 506 g/mol. The number of aryl methyl sites for hydroxylation is 1. The van der Waals surface area contributed by atoms with Gasteiger partial charge in [-0.15, -0.1) is 0 Å². The average Bonchev–Trinajstić information content (AvgIpc) is 2.84. The van der Waals surface area contributed by atoms with Crippen LogP contribution in [0.1, 0.15) is 38.2 Å². The topological polar surface area (TPSA) is 138 Å². The quantitative estimate of drug-likeness (QED) is 0.544. The molecule has 0 saturated carbocycles. The number of likely N-dealkylation sites (N-methyl/N-ethyl adjacent to an activating group) is 1. The molecule has 0 spiro atoms. The number of amides is 3. The first-order valence-electron chi connectivity index (χ1n) is 12.2. The van der Waals surface area contributed by atoms with Gasteiger partial charge in [0.2, 0.25) is 11.8 Å². The molecule has 1 aliphatic rings. The van der Waals surface area contributed by atoms with Crippen molar-refractivity contribution in [2.75, 3.05) is 53.5 Å². The molecule has 0 unspecified atom stereocenters. The van der Waals surface area contributed by atoms with Crippen molar-refractivity contribution in [3.63, 3.8) is 0 Å². The summed E-state index contributed by atoms with van der Waals surface area (Å²) in [5.41, 5.74) is 0.848. The summed E-state index contributed by atoms with van der Waals surface area (Å²) in [6.07, 6.45) is 2.79. The average molecular weight is 507 g/mol. The van der Waals surface area contributed by atoms with Crippen LogP contribution < -0.4 is 20.1 Å². The zero-order valence-corrected chi connectivity index (χ0v) is 21.4. The molecular formula is C25H38N4O7. The van der Waals surface area contributed by atoms with Crippen molar-refractivity contribution in [2.45, 2.75) is 45.1 Å². The minimum Gasteiger partial charge on any atom is -0.493 e. The smallest absolute Gasteiger partial charge is 0.317 e. The van der Waals surface area contributed by atoms with Gasteiger partial charge in [-0.05, 0) is 56.8 Å². The second-order valence-corrected chi connectivity index (χ2v) is 8.90. The van der Waals surface area contributed by atoms with Crippen LogP contribution in [0.25, 0.3) is 0 Å². The molecule has 3 N–H and O–H groups in total. The maximum atomic E-state index is 12.6.